The van der Waals surface area contributed by atoms with Crippen LogP contribution in [-0.4, -0.2) is 26.6 Å². The molecule has 196 valence electrons. The molecule has 0 bridgehead atoms. The minimum Gasteiger partial charge on any atom is -0.351 e. The fourth-order valence-electron chi connectivity index (χ4n) is 3.83. The van der Waals surface area contributed by atoms with Gasteiger partial charge in [0.05, 0.1) is 22.7 Å². The lowest BCUT2D eigenvalue weighted by Crippen LogP contribution is -2.34. The van der Waals surface area contributed by atoms with E-state index in [0.717, 1.165) is 5.56 Å². The number of hydrogen-bond donors (Lipinski definition) is 1. The maximum atomic E-state index is 14.0. The monoisotopic (exact) mass is 568 g/mol. The molecule has 1 N–H and O–H groups in total. The van der Waals surface area contributed by atoms with E-state index < -0.39 is 15.9 Å². The van der Waals surface area contributed by atoms with Gasteiger partial charge in [0, 0.05) is 28.6 Å². The topological polar surface area (TPSA) is 66.5 Å². The first-order valence-electron chi connectivity index (χ1n) is 11.9. The van der Waals surface area contributed by atoms with E-state index in [2.05, 4.69) is 5.32 Å². The maximum absolute atomic E-state index is 14.0. The lowest BCUT2D eigenvalue weighted by Gasteiger charge is -2.26. The fraction of sp³-hybridized carbons (Fsp3) is 0.138. The SMILES string of the molecule is O=C(NCCSCc1c(F)cccc1Cl)c1ccccc1N(Cc1ccccc1)S(=O)(=O)c1ccccc1. The van der Waals surface area contributed by atoms with Crippen LogP contribution < -0.4 is 9.62 Å². The number of carbonyl (C=O) groups excluding carboxylic acids is 1. The van der Waals surface area contributed by atoms with E-state index >= 15 is 0 Å². The zero-order valence-electron chi connectivity index (χ0n) is 20.4. The minimum absolute atomic E-state index is 0.0572. The molecule has 0 aliphatic heterocycles. The highest BCUT2D eigenvalue weighted by Crippen LogP contribution is 2.29. The molecule has 1 amide bonds. The molecule has 0 saturated carbocycles. The molecule has 38 heavy (non-hydrogen) atoms. The Balaban J connectivity index is 1.52. The zero-order chi connectivity index (χ0) is 27.0. The molecule has 4 aromatic rings. The Bertz CT molecular complexity index is 1470. The second kappa shape index (κ2) is 13.0. The maximum Gasteiger partial charge on any atom is 0.264 e. The Morgan fingerprint density at radius 1 is 0.868 bits per heavy atom. The van der Waals surface area contributed by atoms with Crippen LogP contribution in [-0.2, 0) is 22.3 Å². The van der Waals surface area contributed by atoms with Crippen LogP contribution in [0.1, 0.15) is 21.5 Å². The smallest absolute Gasteiger partial charge is 0.264 e. The van der Waals surface area contributed by atoms with Crippen molar-refractivity contribution >= 4 is 45.0 Å². The summed E-state index contributed by atoms with van der Waals surface area (Å²) < 4.78 is 42.7. The van der Waals surface area contributed by atoms with E-state index in [1.807, 2.05) is 30.3 Å². The molecule has 0 aliphatic carbocycles. The number of carbonyl (C=O) groups is 1. The summed E-state index contributed by atoms with van der Waals surface area (Å²) in [6, 6.07) is 28.6. The van der Waals surface area contributed by atoms with Crippen LogP contribution in [0.15, 0.2) is 108 Å². The van der Waals surface area contributed by atoms with Gasteiger partial charge in [0.2, 0.25) is 0 Å². The summed E-state index contributed by atoms with van der Waals surface area (Å²) >= 11 is 7.52. The number of benzene rings is 4. The van der Waals surface area contributed by atoms with Gasteiger partial charge < -0.3 is 5.32 Å². The summed E-state index contributed by atoms with van der Waals surface area (Å²) in [6.45, 7) is 0.371. The molecule has 0 radical (unpaired) electrons. The number of anilines is 1. The van der Waals surface area contributed by atoms with Gasteiger partial charge in [-0.05, 0) is 42.0 Å². The molecule has 4 rings (SSSR count). The lowest BCUT2D eigenvalue weighted by atomic mass is 10.1. The highest BCUT2D eigenvalue weighted by atomic mass is 35.5. The molecule has 0 unspecified atom stereocenters. The molecule has 5 nitrogen and oxygen atoms in total. The minimum atomic E-state index is -3.98. The predicted octanol–water partition coefficient (Wildman–Crippen LogP) is 6.54. The van der Waals surface area contributed by atoms with E-state index in [4.69, 9.17) is 11.6 Å². The molecule has 0 fully saturated rings. The van der Waals surface area contributed by atoms with Crippen molar-refractivity contribution in [3.63, 3.8) is 0 Å². The van der Waals surface area contributed by atoms with Gasteiger partial charge in [-0.2, -0.15) is 11.8 Å². The van der Waals surface area contributed by atoms with Crippen molar-refractivity contribution in [3.05, 3.63) is 131 Å². The van der Waals surface area contributed by atoms with Crippen molar-refractivity contribution in [1.29, 1.82) is 0 Å². The van der Waals surface area contributed by atoms with Crippen molar-refractivity contribution in [1.82, 2.24) is 5.32 Å². The van der Waals surface area contributed by atoms with Crippen LogP contribution in [0.25, 0.3) is 0 Å². The number of nitrogens with one attached hydrogen (secondary N) is 1. The van der Waals surface area contributed by atoms with Gasteiger partial charge in [-0.15, -0.1) is 0 Å². The summed E-state index contributed by atoms with van der Waals surface area (Å²) in [7, 11) is -3.98. The second-order valence-electron chi connectivity index (χ2n) is 8.34. The summed E-state index contributed by atoms with van der Waals surface area (Å²) in [6.07, 6.45) is 0. The summed E-state index contributed by atoms with van der Waals surface area (Å²) in [5.41, 5.74) is 1.73. The number of rotatable bonds is 11. The molecule has 0 spiro atoms. The van der Waals surface area contributed by atoms with E-state index in [9.17, 15) is 17.6 Å². The Labute approximate surface area is 231 Å². The normalized spacial score (nSPS) is 11.2. The van der Waals surface area contributed by atoms with Gasteiger partial charge >= 0.3 is 0 Å². The van der Waals surface area contributed by atoms with E-state index in [1.54, 1.807) is 54.6 Å². The van der Waals surface area contributed by atoms with Gasteiger partial charge in [0.25, 0.3) is 15.9 Å². The van der Waals surface area contributed by atoms with Crippen LogP contribution >= 0.6 is 23.4 Å². The fourth-order valence-corrected chi connectivity index (χ4v) is 6.52. The number of amides is 1. The average Bonchev–Trinajstić information content (AvgIpc) is 2.94. The third kappa shape index (κ3) is 6.75. The number of halogens is 2. The molecule has 0 heterocycles. The van der Waals surface area contributed by atoms with Crippen molar-refractivity contribution in [3.8, 4) is 0 Å². The summed E-state index contributed by atoms with van der Waals surface area (Å²) in [4.78, 5) is 13.3. The Morgan fingerprint density at radius 2 is 1.53 bits per heavy atom. The van der Waals surface area contributed by atoms with Gasteiger partial charge in [-0.1, -0.05) is 78.3 Å². The standard InChI is InChI=1S/C29H26ClFN2O3S2/c30-26-15-9-16-27(31)25(26)21-37-19-18-32-29(34)24-14-7-8-17-28(24)33(20-22-10-3-1-4-11-22)38(35,36)23-12-5-2-6-13-23/h1-17H,18-21H2,(H,32,34). The van der Waals surface area contributed by atoms with Crippen molar-refractivity contribution in [2.75, 3.05) is 16.6 Å². The molecule has 0 aromatic heterocycles. The Hall–Kier alpha value is -3.33. The van der Waals surface area contributed by atoms with Gasteiger partial charge in [-0.25, -0.2) is 12.8 Å². The Morgan fingerprint density at radius 3 is 2.24 bits per heavy atom. The number of thioether (sulfide) groups is 1. The van der Waals surface area contributed by atoms with Gasteiger partial charge in [0.1, 0.15) is 5.82 Å². The van der Waals surface area contributed by atoms with Crippen LogP contribution in [0.4, 0.5) is 10.1 Å². The van der Waals surface area contributed by atoms with Gasteiger partial charge in [-0.3, -0.25) is 9.10 Å². The molecule has 4 aromatic carbocycles. The zero-order valence-corrected chi connectivity index (χ0v) is 22.8. The van der Waals surface area contributed by atoms with Crippen molar-refractivity contribution in [2.24, 2.45) is 0 Å². The van der Waals surface area contributed by atoms with Crippen LogP contribution in [0.3, 0.4) is 0 Å². The van der Waals surface area contributed by atoms with Crippen molar-refractivity contribution in [2.45, 2.75) is 17.2 Å². The molecular weight excluding hydrogens is 543 g/mol. The number of hydrogen-bond acceptors (Lipinski definition) is 4. The third-order valence-electron chi connectivity index (χ3n) is 5.76. The summed E-state index contributed by atoms with van der Waals surface area (Å²) in [5, 5.41) is 3.23. The average molecular weight is 569 g/mol. The first-order valence-corrected chi connectivity index (χ1v) is 14.8. The number of para-hydroxylation sites is 1. The molecule has 0 atom stereocenters. The molecule has 0 saturated heterocycles. The van der Waals surface area contributed by atoms with Crippen LogP contribution in [0.2, 0.25) is 5.02 Å². The van der Waals surface area contributed by atoms with E-state index in [-0.39, 0.29) is 28.5 Å². The highest BCUT2D eigenvalue weighted by molar-refractivity contribution is 7.98. The van der Waals surface area contributed by atoms with E-state index in [1.165, 1.54) is 34.3 Å². The second-order valence-corrected chi connectivity index (χ2v) is 11.7. The molecule has 0 aliphatic rings. The number of nitrogens with zero attached hydrogens (tertiary/aromatic N) is 1. The van der Waals surface area contributed by atoms with Crippen molar-refractivity contribution < 1.29 is 17.6 Å². The van der Waals surface area contributed by atoms with Crippen LogP contribution in [0, 0.1) is 5.82 Å². The lowest BCUT2D eigenvalue weighted by molar-refractivity contribution is 0.0957. The molecule has 9 heteroatoms. The quantitative estimate of drug-likeness (QED) is 0.209. The van der Waals surface area contributed by atoms with Gasteiger partial charge in [0.15, 0.2) is 0 Å². The van der Waals surface area contributed by atoms with Crippen LogP contribution in [0.5, 0.6) is 0 Å². The summed E-state index contributed by atoms with van der Waals surface area (Å²) in [5.74, 6) is 0.139. The largest absolute Gasteiger partial charge is 0.351 e. The highest BCUT2D eigenvalue weighted by Gasteiger charge is 2.28. The predicted molar refractivity (Wildman–Crippen MR) is 153 cm³/mol. The first kappa shape index (κ1) is 27.7. The Kier molecular flexibility index (Phi) is 9.44. The molecular formula is C29H26ClFN2O3S2. The number of sulfonamides is 1. The third-order valence-corrected chi connectivity index (χ3v) is 8.87. The van der Waals surface area contributed by atoms with E-state index in [0.29, 0.717) is 28.6 Å². The first-order chi connectivity index (χ1) is 18.4.